The van der Waals surface area contributed by atoms with E-state index in [1.807, 2.05) is 36.4 Å². The smallest absolute Gasteiger partial charge is 0.408 e. The Balaban J connectivity index is 1.23. The van der Waals surface area contributed by atoms with E-state index in [-0.39, 0.29) is 12.5 Å². The molecule has 0 saturated heterocycles. The molecule has 3 aliphatic rings. The van der Waals surface area contributed by atoms with E-state index in [1.54, 1.807) is 0 Å². The topological polar surface area (TPSA) is 105 Å². The van der Waals surface area contributed by atoms with Gasteiger partial charge in [-0.05, 0) is 66.7 Å². The Morgan fingerprint density at radius 2 is 1.44 bits per heavy atom. The van der Waals surface area contributed by atoms with Crippen LogP contribution in [0.2, 0.25) is 0 Å². The number of hydrogen-bond donors (Lipinski definition) is 3. The number of hydrogen-bond acceptors (Lipinski definition) is 4. The number of carboxylic acid groups (broad SMARTS) is 1. The van der Waals surface area contributed by atoms with Gasteiger partial charge in [0.25, 0.3) is 0 Å². The monoisotopic (exact) mass is 462 g/mol. The molecule has 0 bridgehead atoms. The van der Waals surface area contributed by atoms with Gasteiger partial charge in [0, 0.05) is 5.92 Å². The van der Waals surface area contributed by atoms with Crippen molar-refractivity contribution in [2.24, 2.45) is 5.92 Å². The van der Waals surface area contributed by atoms with Gasteiger partial charge in [-0.15, -0.1) is 0 Å². The number of alkyl carbamates (subject to hydrolysis) is 1. The average Bonchev–Trinajstić information content (AvgIpc) is 3.55. The van der Waals surface area contributed by atoms with E-state index in [0.717, 1.165) is 35.1 Å². The second kappa shape index (κ2) is 8.46. The fourth-order valence-electron chi connectivity index (χ4n) is 5.35. The van der Waals surface area contributed by atoms with Crippen LogP contribution in [-0.2, 0) is 14.3 Å². The van der Waals surface area contributed by atoms with Gasteiger partial charge in [0.1, 0.15) is 17.7 Å². The number of amides is 2. The van der Waals surface area contributed by atoms with Crippen molar-refractivity contribution in [3.63, 3.8) is 0 Å². The van der Waals surface area contributed by atoms with Crippen LogP contribution in [0.5, 0.6) is 0 Å². The lowest BCUT2D eigenvalue weighted by Gasteiger charge is -2.37. The third-order valence-electron chi connectivity index (χ3n) is 7.76. The molecule has 2 aromatic rings. The summed E-state index contributed by atoms with van der Waals surface area (Å²) in [4.78, 5) is 37.8. The number of benzene rings is 2. The van der Waals surface area contributed by atoms with Crippen molar-refractivity contribution in [1.29, 1.82) is 0 Å². The molecule has 178 valence electrons. The summed E-state index contributed by atoms with van der Waals surface area (Å²) in [6, 6.07) is 16.2. The van der Waals surface area contributed by atoms with Crippen molar-refractivity contribution in [3.8, 4) is 11.1 Å². The quantitative estimate of drug-likeness (QED) is 0.597. The van der Waals surface area contributed by atoms with Gasteiger partial charge in [-0.3, -0.25) is 4.79 Å². The first kappa shape index (κ1) is 22.4. The second-order valence-electron chi connectivity index (χ2n) is 10.1. The van der Waals surface area contributed by atoms with Crippen molar-refractivity contribution in [2.45, 2.75) is 62.4 Å². The molecule has 0 spiro atoms. The molecule has 0 aliphatic heterocycles. The molecule has 2 amide bonds. The first-order chi connectivity index (χ1) is 16.3. The molecule has 2 aromatic carbocycles. The minimum absolute atomic E-state index is 0.0679. The summed E-state index contributed by atoms with van der Waals surface area (Å²) in [6.07, 6.45) is 2.58. The van der Waals surface area contributed by atoms with E-state index >= 15 is 0 Å². The molecular weight excluding hydrogens is 432 g/mol. The highest BCUT2D eigenvalue weighted by molar-refractivity contribution is 5.96. The van der Waals surface area contributed by atoms with Crippen molar-refractivity contribution in [1.82, 2.24) is 10.6 Å². The summed E-state index contributed by atoms with van der Waals surface area (Å²) < 4.78 is 5.60. The van der Waals surface area contributed by atoms with E-state index < -0.39 is 29.0 Å². The van der Waals surface area contributed by atoms with Gasteiger partial charge in [-0.1, -0.05) is 55.5 Å². The van der Waals surface area contributed by atoms with Crippen molar-refractivity contribution < 1.29 is 24.2 Å². The summed E-state index contributed by atoms with van der Waals surface area (Å²) in [7, 11) is 0. The van der Waals surface area contributed by atoms with E-state index in [4.69, 9.17) is 4.74 Å². The Hall–Kier alpha value is -3.35. The molecule has 2 saturated carbocycles. The molecule has 0 atom stereocenters. The third-order valence-corrected chi connectivity index (χ3v) is 7.76. The van der Waals surface area contributed by atoms with Gasteiger partial charge < -0.3 is 20.5 Å². The zero-order valence-corrected chi connectivity index (χ0v) is 19.3. The third kappa shape index (κ3) is 3.93. The van der Waals surface area contributed by atoms with Crippen molar-refractivity contribution in [2.75, 3.05) is 6.61 Å². The molecule has 0 unspecified atom stereocenters. The number of rotatable bonds is 6. The number of ether oxygens (including phenoxy) is 1. The highest BCUT2D eigenvalue weighted by Crippen LogP contribution is 2.44. The van der Waals surface area contributed by atoms with Crippen molar-refractivity contribution in [3.05, 3.63) is 59.7 Å². The van der Waals surface area contributed by atoms with Crippen LogP contribution < -0.4 is 10.6 Å². The first-order valence-corrected chi connectivity index (χ1v) is 12.0. The van der Waals surface area contributed by atoms with Crippen LogP contribution in [0.3, 0.4) is 0 Å². The van der Waals surface area contributed by atoms with Crippen LogP contribution in [0.1, 0.15) is 62.5 Å². The predicted octanol–water partition coefficient (Wildman–Crippen LogP) is 4.21. The maximum absolute atomic E-state index is 13.1. The zero-order chi connectivity index (χ0) is 23.9. The first-order valence-electron chi connectivity index (χ1n) is 12.0. The normalized spacial score (nSPS) is 24.4. The molecule has 2 fully saturated rings. The van der Waals surface area contributed by atoms with Gasteiger partial charge >= 0.3 is 12.1 Å². The fourth-order valence-corrected chi connectivity index (χ4v) is 5.35. The largest absolute Gasteiger partial charge is 0.480 e. The predicted molar refractivity (Wildman–Crippen MR) is 126 cm³/mol. The summed E-state index contributed by atoms with van der Waals surface area (Å²) in [5, 5.41) is 15.3. The van der Waals surface area contributed by atoms with Crippen LogP contribution in [0.15, 0.2) is 48.5 Å². The number of carboxylic acids is 1. The number of fused-ring (bicyclic) bond motifs is 3. The molecule has 34 heavy (non-hydrogen) atoms. The fraction of sp³-hybridized carbons (Fsp3) is 0.444. The molecule has 5 rings (SSSR count). The van der Waals surface area contributed by atoms with Crippen LogP contribution in [0, 0.1) is 5.92 Å². The van der Waals surface area contributed by atoms with Gasteiger partial charge in [0.05, 0.1) is 0 Å². The Kier molecular flexibility index (Phi) is 5.58. The number of carbonyl (C=O) groups is 3. The minimum Gasteiger partial charge on any atom is -0.480 e. The SMILES string of the molecule is CC1CCC(NC(=O)C2(NC(=O)OCC3c4ccccc4-c4ccccc43)CC2)(C(=O)O)CC1. The van der Waals surface area contributed by atoms with Gasteiger partial charge in [-0.25, -0.2) is 9.59 Å². The Bertz CT molecular complexity index is 1090. The van der Waals surface area contributed by atoms with Crippen LogP contribution >= 0.6 is 0 Å². The minimum atomic E-state index is -1.26. The van der Waals surface area contributed by atoms with E-state index in [1.165, 1.54) is 0 Å². The van der Waals surface area contributed by atoms with E-state index in [0.29, 0.717) is 31.6 Å². The maximum Gasteiger partial charge on any atom is 0.408 e. The molecule has 0 radical (unpaired) electrons. The molecule has 3 N–H and O–H groups in total. The van der Waals surface area contributed by atoms with E-state index in [2.05, 4.69) is 29.7 Å². The lowest BCUT2D eigenvalue weighted by Crippen LogP contribution is -2.61. The highest BCUT2D eigenvalue weighted by atomic mass is 16.5. The van der Waals surface area contributed by atoms with Gasteiger partial charge in [-0.2, -0.15) is 0 Å². The summed E-state index contributed by atoms with van der Waals surface area (Å²) in [5.74, 6) is -1.07. The molecule has 0 heterocycles. The van der Waals surface area contributed by atoms with Crippen molar-refractivity contribution >= 4 is 18.0 Å². The average molecular weight is 463 g/mol. The molecular formula is C27H30N2O5. The summed E-state index contributed by atoms with van der Waals surface area (Å²) >= 11 is 0. The standard InChI is InChI=1S/C27H30N2O5/c1-17-10-12-27(13-11-17,24(31)32)28-23(30)26(14-15-26)29-25(33)34-16-22-20-8-4-2-6-18(20)19-7-3-5-9-21(19)22/h2-9,17,22H,10-16H2,1H3,(H,28,30)(H,29,33)(H,31,32). The molecule has 3 aliphatic carbocycles. The summed E-state index contributed by atoms with van der Waals surface area (Å²) in [5.41, 5.74) is 2.17. The number of aliphatic carboxylic acids is 1. The van der Waals surface area contributed by atoms with E-state index in [9.17, 15) is 19.5 Å². The van der Waals surface area contributed by atoms with Crippen LogP contribution in [0.4, 0.5) is 4.79 Å². The molecule has 7 nitrogen and oxygen atoms in total. The van der Waals surface area contributed by atoms with Crippen LogP contribution in [0.25, 0.3) is 11.1 Å². The lowest BCUT2D eigenvalue weighted by molar-refractivity contribution is -0.150. The second-order valence-corrected chi connectivity index (χ2v) is 10.1. The summed E-state index contributed by atoms with van der Waals surface area (Å²) in [6.45, 7) is 2.25. The molecule has 0 aromatic heterocycles. The highest BCUT2D eigenvalue weighted by Gasteiger charge is 2.55. The maximum atomic E-state index is 13.1. The zero-order valence-electron chi connectivity index (χ0n) is 19.3. The Morgan fingerprint density at radius 1 is 0.882 bits per heavy atom. The Morgan fingerprint density at radius 3 is 1.97 bits per heavy atom. The molecule has 7 heteroatoms. The lowest BCUT2D eigenvalue weighted by atomic mass is 9.77. The van der Waals surface area contributed by atoms with Gasteiger partial charge in [0.2, 0.25) is 5.91 Å². The Labute approximate surface area is 198 Å². The van der Waals surface area contributed by atoms with Gasteiger partial charge in [0.15, 0.2) is 0 Å². The van der Waals surface area contributed by atoms with Crippen LogP contribution in [-0.4, -0.2) is 40.8 Å². The number of nitrogens with one attached hydrogen (secondary N) is 2. The number of carbonyl (C=O) groups excluding carboxylic acids is 2.